The summed E-state index contributed by atoms with van der Waals surface area (Å²) in [6.45, 7) is 3.31. The van der Waals surface area contributed by atoms with Crippen molar-refractivity contribution in [2.75, 3.05) is 20.3 Å². The van der Waals surface area contributed by atoms with E-state index in [0.29, 0.717) is 26.1 Å². The number of benzene rings is 1. The lowest BCUT2D eigenvalue weighted by molar-refractivity contribution is -0.118. The number of hydrogen-bond acceptors (Lipinski definition) is 3. The fraction of sp³-hybridized carbons (Fsp3) is 0.500. The molecule has 0 amide bonds. The molecule has 1 rings (SSSR count). The van der Waals surface area contributed by atoms with Crippen molar-refractivity contribution in [3.8, 4) is 5.75 Å². The minimum absolute atomic E-state index is 0.214. The summed E-state index contributed by atoms with van der Waals surface area (Å²) in [6, 6.07) is 5.70. The predicted molar refractivity (Wildman–Crippen MR) is 75.1 cm³/mol. The summed E-state index contributed by atoms with van der Waals surface area (Å²) in [6.07, 6.45) is 1.74. The molecule has 1 aromatic rings. The Kier molecular flexibility index (Phi) is 6.98. The smallest absolute Gasteiger partial charge is 0.137 e. The van der Waals surface area contributed by atoms with E-state index in [1.54, 1.807) is 7.11 Å². The van der Waals surface area contributed by atoms with Crippen LogP contribution in [-0.2, 0) is 16.0 Å². The molecule has 3 nitrogen and oxygen atoms in total. The molecule has 0 aliphatic carbocycles. The van der Waals surface area contributed by atoms with Crippen LogP contribution in [0.2, 0.25) is 0 Å². The van der Waals surface area contributed by atoms with Gasteiger partial charge in [-0.05, 0) is 31.5 Å². The van der Waals surface area contributed by atoms with Gasteiger partial charge in [0.05, 0.1) is 7.11 Å². The number of Topliss-reactive ketones (excluding diaryl/α,β-unsaturated/α-hetero) is 1. The molecule has 4 heteroatoms. The predicted octanol–water partition coefficient (Wildman–Crippen LogP) is 3.39. The number of carbonyl (C=O) groups is 1. The average Bonchev–Trinajstić information content (AvgIpc) is 2.35. The lowest BCUT2D eigenvalue weighted by atomic mass is 10.1. The van der Waals surface area contributed by atoms with Crippen molar-refractivity contribution in [2.45, 2.75) is 26.2 Å². The minimum atomic E-state index is 0.214. The summed E-state index contributed by atoms with van der Waals surface area (Å²) in [5.74, 6) is 0.975. The minimum Gasteiger partial charge on any atom is -0.496 e. The fourth-order valence-electron chi connectivity index (χ4n) is 1.70. The van der Waals surface area contributed by atoms with Crippen LogP contribution < -0.4 is 4.74 Å². The quantitative estimate of drug-likeness (QED) is 0.690. The molecule has 0 spiro atoms. The SMILES string of the molecule is CCOCCCC(=O)Cc1cc(Br)ccc1OC. The molecule has 0 fully saturated rings. The molecule has 0 radical (unpaired) electrons. The molecular weight excluding hydrogens is 296 g/mol. The van der Waals surface area contributed by atoms with E-state index in [9.17, 15) is 4.79 Å². The Morgan fingerprint density at radius 2 is 2.17 bits per heavy atom. The Morgan fingerprint density at radius 1 is 1.39 bits per heavy atom. The van der Waals surface area contributed by atoms with Crippen LogP contribution >= 0.6 is 15.9 Å². The summed E-state index contributed by atoms with van der Waals surface area (Å²) < 4.78 is 11.4. The highest BCUT2D eigenvalue weighted by molar-refractivity contribution is 9.10. The van der Waals surface area contributed by atoms with E-state index in [0.717, 1.165) is 22.2 Å². The Bertz CT molecular complexity index is 391. The van der Waals surface area contributed by atoms with Crippen molar-refractivity contribution in [1.82, 2.24) is 0 Å². The maximum atomic E-state index is 11.8. The van der Waals surface area contributed by atoms with E-state index in [1.165, 1.54) is 0 Å². The third-order valence-corrected chi connectivity index (χ3v) is 3.07. The summed E-state index contributed by atoms with van der Waals surface area (Å²) in [5, 5.41) is 0. The van der Waals surface area contributed by atoms with Gasteiger partial charge in [-0.3, -0.25) is 4.79 Å². The van der Waals surface area contributed by atoms with Gasteiger partial charge in [0, 0.05) is 36.1 Å². The Hall–Kier alpha value is -0.870. The highest BCUT2D eigenvalue weighted by Gasteiger charge is 2.09. The topological polar surface area (TPSA) is 35.5 Å². The number of methoxy groups -OCH3 is 1. The summed E-state index contributed by atoms with van der Waals surface area (Å²) in [5.41, 5.74) is 0.924. The van der Waals surface area contributed by atoms with Gasteiger partial charge in [-0.1, -0.05) is 15.9 Å². The molecule has 0 heterocycles. The van der Waals surface area contributed by atoms with Crippen LogP contribution in [0, 0.1) is 0 Å². The number of halogens is 1. The van der Waals surface area contributed by atoms with E-state index >= 15 is 0 Å². The first-order valence-corrected chi connectivity index (χ1v) is 6.88. The molecule has 0 aliphatic heterocycles. The summed E-state index contributed by atoms with van der Waals surface area (Å²) >= 11 is 3.40. The van der Waals surface area contributed by atoms with Crippen molar-refractivity contribution < 1.29 is 14.3 Å². The Morgan fingerprint density at radius 3 is 2.83 bits per heavy atom. The molecule has 0 saturated heterocycles. The maximum absolute atomic E-state index is 11.8. The molecule has 0 aromatic heterocycles. The number of rotatable bonds is 8. The van der Waals surface area contributed by atoms with Gasteiger partial charge < -0.3 is 9.47 Å². The van der Waals surface area contributed by atoms with Gasteiger partial charge in [-0.25, -0.2) is 0 Å². The summed E-state index contributed by atoms with van der Waals surface area (Å²) in [4.78, 5) is 11.8. The monoisotopic (exact) mass is 314 g/mol. The lowest BCUT2D eigenvalue weighted by Crippen LogP contribution is -2.06. The standard InChI is InChI=1S/C14H19BrO3/c1-3-18-8-4-5-13(16)10-11-9-12(15)6-7-14(11)17-2/h6-7,9H,3-5,8,10H2,1-2H3. The second kappa shape index (κ2) is 8.27. The number of ether oxygens (including phenoxy) is 2. The first-order chi connectivity index (χ1) is 8.67. The zero-order chi connectivity index (χ0) is 13.4. The van der Waals surface area contributed by atoms with Gasteiger partial charge in [-0.2, -0.15) is 0 Å². The van der Waals surface area contributed by atoms with E-state index < -0.39 is 0 Å². The fourth-order valence-corrected chi connectivity index (χ4v) is 2.11. The first-order valence-electron chi connectivity index (χ1n) is 6.09. The van der Waals surface area contributed by atoms with E-state index in [-0.39, 0.29) is 5.78 Å². The number of ketones is 1. The average molecular weight is 315 g/mol. The molecule has 0 N–H and O–H groups in total. The van der Waals surface area contributed by atoms with Crippen LogP contribution in [0.4, 0.5) is 0 Å². The van der Waals surface area contributed by atoms with Gasteiger partial charge in [-0.15, -0.1) is 0 Å². The molecule has 18 heavy (non-hydrogen) atoms. The third kappa shape index (κ3) is 5.19. The van der Waals surface area contributed by atoms with Crippen LogP contribution in [0.3, 0.4) is 0 Å². The molecule has 0 unspecified atom stereocenters. The van der Waals surface area contributed by atoms with Crippen molar-refractivity contribution in [2.24, 2.45) is 0 Å². The van der Waals surface area contributed by atoms with Gasteiger partial charge >= 0.3 is 0 Å². The van der Waals surface area contributed by atoms with Crippen molar-refractivity contribution in [1.29, 1.82) is 0 Å². The second-order valence-corrected chi connectivity index (χ2v) is 4.89. The van der Waals surface area contributed by atoms with Crippen LogP contribution in [0.5, 0.6) is 5.75 Å². The van der Waals surface area contributed by atoms with Crippen molar-refractivity contribution in [3.05, 3.63) is 28.2 Å². The number of carbonyl (C=O) groups excluding carboxylic acids is 1. The maximum Gasteiger partial charge on any atom is 0.137 e. The van der Waals surface area contributed by atoms with Gasteiger partial charge in [0.2, 0.25) is 0 Å². The van der Waals surface area contributed by atoms with Crippen LogP contribution in [0.25, 0.3) is 0 Å². The van der Waals surface area contributed by atoms with Gasteiger partial charge in [0.25, 0.3) is 0 Å². The highest BCUT2D eigenvalue weighted by atomic mass is 79.9. The normalized spacial score (nSPS) is 10.4. The lowest BCUT2D eigenvalue weighted by Gasteiger charge is -2.08. The van der Waals surface area contributed by atoms with Crippen molar-refractivity contribution >= 4 is 21.7 Å². The Balaban J connectivity index is 2.50. The molecule has 0 bridgehead atoms. The molecule has 100 valence electrons. The zero-order valence-corrected chi connectivity index (χ0v) is 12.5. The highest BCUT2D eigenvalue weighted by Crippen LogP contribution is 2.23. The van der Waals surface area contributed by atoms with Crippen molar-refractivity contribution in [3.63, 3.8) is 0 Å². The first kappa shape index (κ1) is 15.2. The molecule has 0 atom stereocenters. The zero-order valence-electron chi connectivity index (χ0n) is 10.9. The molecule has 0 saturated carbocycles. The Labute approximate surface area is 117 Å². The molecule has 0 aliphatic rings. The van der Waals surface area contributed by atoms with Crippen LogP contribution in [0.15, 0.2) is 22.7 Å². The van der Waals surface area contributed by atoms with Crippen LogP contribution in [-0.4, -0.2) is 26.1 Å². The summed E-state index contributed by atoms with van der Waals surface area (Å²) in [7, 11) is 1.62. The molecule has 1 aromatic carbocycles. The largest absolute Gasteiger partial charge is 0.496 e. The molecular formula is C14H19BrO3. The second-order valence-electron chi connectivity index (χ2n) is 3.97. The van der Waals surface area contributed by atoms with E-state index in [2.05, 4.69) is 15.9 Å². The van der Waals surface area contributed by atoms with E-state index in [1.807, 2.05) is 25.1 Å². The van der Waals surface area contributed by atoms with Gasteiger partial charge in [0.15, 0.2) is 0 Å². The van der Waals surface area contributed by atoms with E-state index in [4.69, 9.17) is 9.47 Å². The third-order valence-electron chi connectivity index (χ3n) is 2.58. The van der Waals surface area contributed by atoms with Gasteiger partial charge in [0.1, 0.15) is 11.5 Å². The van der Waals surface area contributed by atoms with Crippen LogP contribution in [0.1, 0.15) is 25.3 Å². The number of hydrogen-bond donors (Lipinski definition) is 0.